The number of amides is 1. The lowest BCUT2D eigenvalue weighted by Gasteiger charge is -2.21. The van der Waals surface area contributed by atoms with Crippen LogP contribution < -0.4 is 5.73 Å². The molecule has 0 aromatic heterocycles. The van der Waals surface area contributed by atoms with Gasteiger partial charge in [-0.3, -0.25) is 4.79 Å². The summed E-state index contributed by atoms with van der Waals surface area (Å²) in [6.45, 7) is 4.03. The van der Waals surface area contributed by atoms with E-state index in [-0.39, 0.29) is 22.3 Å². The van der Waals surface area contributed by atoms with Gasteiger partial charge in [0.05, 0.1) is 10.5 Å². The van der Waals surface area contributed by atoms with E-state index in [0.29, 0.717) is 26.2 Å². The molecular formula is C17H27N3O3S. The molecular weight excluding hydrogens is 326 g/mol. The number of nitrogens with two attached hydrogens (primary N) is 1. The van der Waals surface area contributed by atoms with E-state index in [1.165, 1.54) is 10.4 Å². The van der Waals surface area contributed by atoms with Crippen LogP contribution in [0.25, 0.3) is 0 Å². The van der Waals surface area contributed by atoms with Gasteiger partial charge in [-0.05, 0) is 37.4 Å². The van der Waals surface area contributed by atoms with E-state index in [1.807, 2.05) is 0 Å². The molecule has 1 aliphatic rings. The van der Waals surface area contributed by atoms with Crippen LogP contribution in [0, 0.1) is 5.92 Å². The minimum atomic E-state index is -3.68. The van der Waals surface area contributed by atoms with Gasteiger partial charge in [0.2, 0.25) is 10.0 Å². The molecule has 2 N–H and O–H groups in total. The molecule has 1 unspecified atom stereocenters. The summed E-state index contributed by atoms with van der Waals surface area (Å²) in [5, 5.41) is 0. The van der Waals surface area contributed by atoms with E-state index < -0.39 is 10.0 Å². The van der Waals surface area contributed by atoms with Crippen molar-refractivity contribution >= 4 is 15.9 Å². The van der Waals surface area contributed by atoms with E-state index in [1.54, 1.807) is 30.1 Å². The first-order valence-corrected chi connectivity index (χ1v) is 9.90. The van der Waals surface area contributed by atoms with Crippen LogP contribution in [0.1, 0.15) is 36.5 Å². The first kappa shape index (κ1) is 18.9. The third-order valence-corrected chi connectivity index (χ3v) is 6.43. The van der Waals surface area contributed by atoms with Crippen molar-refractivity contribution in [1.29, 1.82) is 0 Å². The minimum Gasteiger partial charge on any atom is -0.342 e. The Bertz CT molecular complexity index is 675. The second kappa shape index (κ2) is 8.09. The molecule has 0 spiro atoms. The maximum Gasteiger partial charge on any atom is 0.254 e. The Morgan fingerprint density at radius 2 is 2.08 bits per heavy atom. The maximum absolute atomic E-state index is 13.0. The number of hydrogen-bond acceptors (Lipinski definition) is 4. The molecule has 1 atom stereocenters. The van der Waals surface area contributed by atoms with Crippen LogP contribution in [-0.2, 0) is 10.0 Å². The lowest BCUT2D eigenvalue weighted by Crippen LogP contribution is -2.33. The molecule has 0 saturated carbocycles. The molecule has 1 amide bonds. The van der Waals surface area contributed by atoms with E-state index in [2.05, 4.69) is 6.92 Å². The van der Waals surface area contributed by atoms with Crippen molar-refractivity contribution in [2.24, 2.45) is 11.7 Å². The zero-order chi connectivity index (χ0) is 17.7. The SMILES string of the molecule is CCCCN(C)C(=O)c1ccccc1S(=O)(=O)N1CCC(CN)C1. The van der Waals surface area contributed by atoms with Gasteiger partial charge in [0, 0.05) is 26.7 Å². The summed E-state index contributed by atoms with van der Waals surface area (Å²) in [5.74, 6) is -0.0629. The molecule has 134 valence electrons. The summed E-state index contributed by atoms with van der Waals surface area (Å²) in [4.78, 5) is 14.4. The van der Waals surface area contributed by atoms with Crippen LogP contribution in [-0.4, -0.2) is 56.8 Å². The molecule has 2 rings (SSSR count). The minimum absolute atomic E-state index is 0.0935. The molecule has 0 radical (unpaired) electrons. The number of unbranched alkanes of at least 4 members (excludes halogenated alkanes) is 1. The average molecular weight is 353 g/mol. The van der Waals surface area contributed by atoms with Gasteiger partial charge in [-0.15, -0.1) is 0 Å². The normalized spacial score (nSPS) is 18.7. The number of hydrogen-bond donors (Lipinski definition) is 1. The monoisotopic (exact) mass is 353 g/mol. The van der Waals surface area contributed by atoms with Crippen LogP contribution in [0.4, 0.5) is 0 Å². The van der Waals surface area contributed by atoms with Gasteiger partial charge < -0.3 is 10.6 Å². The van der Waals surface area contributed by atoms with Gasteiger partial charge in [-0.25, -0.2) is 8.42 Å². The first-order valence-electron chi connectivity index (χ1n) is 8.46. The molecule has 7 heteroatoms. The zero-order valence-corrected chi connectivity index (χ0v) is 15.3. The van der Waals surface area contributed by atoms with E-state index >= 15 is 0 Å². The summed E-state index contributed by atoms with van der Waals surface area (Å²) in [7, 11) is -1.97. The molecule has 1 saturated heterocycles. The summed E-state index contributed by atoms with van der Waals surface area (Å²) in [6, 6.07) is 6.47. The predicted molar refractivity (Wildman–Crippen MR) is 94.2 cm³/mol. The highest BCUT2D eigenvalue weighted by Crippen LogP contribution is 2.26. The summed E-state index contributed by atoms with van der Waals surface area (Å²) in [5.41, 5.74) is 5.90. The second-order valence-corrected chi connectivity index (χ2v) is 8.24. The highest BCUT2D eigenvalue weighted by molar-refractivity contribution is 7.89. The summed E-state index contributed by atoms with van der Waals surface area (Å²) < 4.78 is 27.4. The smallest absolute Gasteiger partial charge is 0.254 e. The molecule has 1 aliphatic heterocycles. The van der Waals surface area contributed by atoms with Crippen molar-refractivity contribution < 1.29 is 13.2 Å². The zero-order valence-electron chi connectivity index (χ0n) is 14.4. The highest BCUT2D eigenvalue weighted by atomic mass is 32.2. The predicted octanol–water partition coefficient (Wildman–Crippen LogP) is 1.53. The van der Waals surface area contributed by atoms with E-state index in [0.717, 1.165) is 19.3 Å². The summed E-state index contributed by atoms with van der Waals surface area (Å²) >= 11 is 0. The third-order valence-electron chi connectivity index (χ3n) is 4.51. The van der Waals surface area contributed by atoms with Gasteiger partial charge in [0.15, 0.2) is 0 Å². The number of sulfonamides is 1. The fraction of sp³-hybridized carbons (Fsp3) is 0.588. The van der Waals surface area contributed by atoms with Crippen LogP contribution in [0.15, 0.2) is 29.2 Å². The molecule has 24 heavy (non-hydrogen) atoms. The quantitative estimate of drug-likeness (QED) is 0.806. The number of rotatable bonds is 7. The molecule has 1 fully saturated rings. The Balaban J connectivity index is 2.29. The Morgan fingerprint density at radius 3 is 2.71 bits per heavy atom. The van der Waals surface area contributed by atoms with Crippen LogP contribution in [0.3, 0.4) is 0 Å². The van der Waals surface area contributed by atoms with Gasteiger partial charge in [-0.2, -0.15) is 4.31 Å². The lowest BCUT2D eigenvalue weighted by atomic mass is 10.1. The largest absolute Gasteiger partial charge is 0.342 e. The van der Waals surface area contributed by atoms with Crippen LogP contribution in [0.2, 0.25) is 0 Å². The fourth-order valence-electron chi connectivity index (χ4n) is 2.92. The molecule has 0 aliphatic carbocycles. The van der Waals surface area contributed by atoms with Gasteiger partial charge >= 0.3 is 0 Å². The van der Waals surface area contributed by atoms with Crippen molar-refractivity contribution in [2.75, 3.05) is 33.2 Å². The van der Waals surface area contributed by atoms with Gasteiger partial charge in [-0.1, -0.05) is 25.5 Å². The van der Waals surface area contributed by atoms with E-state index in [4.69, 9.17) is 5.73 Å². The van der Waals surface area contributed by atoms with Crippen molar-refractivity contribution in [3.8, 4) is 0 Å². The Kier molecular flexibility index (Phi) is 6.37. The van der Waals surface area contributed by atoms with Gasteiger partial charge in [0.1, 0.15) is 0 Å². The molecule has 1 aromatic carbocycles. The first-order chi connectivity index (χ1) is 11.4. The van der Waals surface area contributed by atoms with Crippen molar-refractivity contribution in [2.45, 2.75) is 31.1 Å². The number of carbonyl (C=O) groups excluding carboxylic acids is 1. The Hall–Kier alpha value is -1.44. The van der Waals surface area contributed by atoms with Crippen molar-refractivity contribution in [3.05, 3.63) is 29.8 Å². The maximum atomic E-state index is 13.0. The second-order valence-electron chi connectivity index (χ2n) is 6.33. The number of nitrogens with zero attached hydrogens (tertiary/aromatic N) is 2. The average Bonchev–Trinajstić information content (AvgIpc) is 3.09. The summed E-state index contributed by atoms with van der Waals surface area (Å²) in [6.07, 6.45) is 2.63. The number of benzene rings is 1. The third kappa shape index (κ3) is 3.96. The van der Waals surface area contributed by atoms with Crippen molar-refractivity contribution in [3.63, 3.8) is 0 Å². The standard InChI is InChI=1S/C17H27N3O3S/c1-3-4-10-19(2)17(21)15-7-5-6-8-16(15)24(22,23)20-11-9-14(12-18)13-20/h5-8,14H,3-4,9-13,18H2,1-2H3. The molecule has 1 heterocycles. The molecule has 1 aromatic rings. The van der Waals surface area contributed by atoms with Crippen molar-refractivity contribution in [1.82, 2.24) is 9.21 Å². The van der Waals surface area contributed by atoms with Gasteiger partial charge in [0.25, 0.3) is 5.91 Å². The molecule has 6 nitrogen and oxygen atoms in total. The Morgan fingerprint density at radius 1 is 1.38 bits per heavy atom. The highest BCUT2D eigenvalue weighted by Gasteiger charge is 2.34. The van der Waals surface area contributed by atoms with E-state index in [9.17, 15) is 13.2 Å². The fourth-order valence-corrected chi connectivity index (χ4v) is 4.63. The van der Waals surface area contributed by atoms with Crippen LogP contribution >= 0.6 is 0 Å². The van der Waals surface area contributed by atoms with Crippen LogP contribution in [0.5, 0.6) is 0 Å². The molecule has 0 bridgehead atoms. The number of carbonyl (C=O) groups is 1. The lowest BCUT2D eigenvalue weighted by molar-refractivity contribution is 0.0789. The topological polar surface area (TPSA) is 83.7 Å². The Labute approximate surface area is 144 Å².